The van der Waals surface area contributed by atoms with Crippen molar-refractivity contribution in [2.75, 3.05) is 0 Å². The molecule has 64 valence electrons. The number of benzene rings is 1. The molecule has 1 rings (SSSR count). The molecule has 0 aliphatic heterocycles. The first-order valence-electron chi connectivity index (χ1n) is 3.76. The Hall–Kier alpha value is -1.51. The van der Waals surface area contributed by atoms with Crippen LogP contribution in [0, 0.1) is 13.8 Å². The number of hydrogen-bond donors (Lipinski definition) is 2. The standard InChI is InChI=1S/C9H13N3/c1-6-4-3-5-8(7(6)2)9(10)12-11/h3-5H,11H2,1-2H3,(H2,10,12). The van der Waals surface area contributed by atoms with E-state index in [1.165, 1.54) is 5.56 Å². The molecule has 1 aromatic rings. The molecule has 1 aromatic carbocycles. The highest BCUT2D eigenvalue weighted by Gasteiger charge is 2.03. The summed E-state index contributed by atoms with van der Waals surface area (Å²) in [4.78, 5) is 0. The molecule has 3 nitrogen and oxygen atoms in total. The molecule has 0 heterocycles. The third-order valence-corrected chi connectivity index (χ3v) is 2.02. The zero-order valence-corrected chi connectivity index (χ0v) is 7.33. The fourth-order valence-corrected chi connectivity index (χ4v) is 1.10. The number of aryl methyl sites for hydroxylation is 1. The van der Waals surface area contributed by atoms with E-state index in [2.05, 4.69) is 5.10 Å². The molecule has 3 heteroatoms. The second-order valence-corrected chi connectivity index (χ2v) is 2.76. The Balaban J connectivity index is 3.26. The third-order valence-electron chi connectivity index (χ3n) is 2.02. The first-order valence-corrected chi connectivity index (χ1v) is 3.76. The lowest BCUT2D eigenvalue weighted by Gasteiger charge is -2.06. The molecular weight excluding hydrogens is 150 g/mol. The summed E-state index contributed by atoms with van der Waals surface area (Å²) in [5.74, 6) is 5.47. The Morgan fingerprint density at radius 1 is 1.33 bits per heavy atom. The zero-order valence-electron chi connectivity index (χ0n) is 7.33. The second-order valence-electron chi connectivity index (χ2n) is 2.76. The molecule has 0 aliphatic carbocycles. The summed E-state index contributed by atoms with van der Waals surface area (Å²) in [5.41, 5.74) is 8.83. The van der Waals surface area contributed by atoms with Crippen LogP contribution in [0.3, 0.4) is 0 Å². The highest BCUT2D eigenvalue weighted by Crippen LogP contribution is 2.11. The van der Waals surface area contributed by atoms with E-state index in [9.17, 15) is 0 Å². The van der Waals surface area contributed by atoms with Crippen LogP contribution in [0.25, 0.3) is 0 Å². The first-order chi connectivity index (χ1) is 5.66. The Bertz CT molecular complexity index is 316. The molecule has 0 saturated heterocycles. The normalized spacial score (nSPS) is 11.7. The van der Waals surface area contributed by atoms with Crippen LogP contribution in [-0.4, -0.2) is 5.84 Å². The summed E-state index contributed by atoms with van der Waals surface area (Å²) in [7, 11) is 0. The average Bonchev–Trinajstić information content (AvgIpc) is 2.08. The van der Waals surface area contributed by atoms with Gasteiger partial charge in [0.2, 0.25) is 0 Å². The van der Waals surface area contributed by atoms with E-state index in [1.54, 1.807) is 0 Å². The van der Waals surface area contributed by atoms with Crippen LogP contribution in [0.1, 0.15) is 16.7 Å². The molecule has 0 aliphatic rings. The summed E-state index contributed by atoms with van der Waals surface area (Å²) in [6.45, 7) is 4.03. The largest absolute Gasteiger partial charge is 0.382 e. The van der Waals surface area contributed by atoms with Crippen LogP contribution in [-0.2, 0) is 0 Å². The first kappa shape index (κ1) is 8.59. The molecular formula is C9H13N3. The molecule has 0 radical (unpaired) electrons. The lowest BCUT2D eigenvalue weighted by Crippen LogP contribution is -2.17. The van der Waals surface area contributed by atoms with Crippen LogP contribution in [0.5, 0.6) is 0 Å². The average molecular weight is 163 g/mol. The zero-order chi connectivity index (χ0) is 9.14. The summed E-state index contributed by atoms with van der Waals surface area (Å²) in [6, 6.07) is 5.88. The van der Waals surface area contributed by atoms with Crippen molar-refractivity contribution < 1.29 is 0 Å². The number of rotatable bonds is 1. The molecule has 12 heavy (non-hydrogen) atoms. The maximum Gasteiger partial charge on any atom is 0.150 e. The van der Waals surface area contributed by atoms with Crippen molar-refractivity contribution in [1.29, 1.82) is 0 Å². The van der Waals surface area contributed by atoms with Crippen molar-refractivity contribution in [3.05, 3.63) is 34.9 Å². The van der Waals surface area contributed by atoms with Gasteiger partial charge >= 0.3 is 0 Å². The highest BCUT2D eigenvalue weighted by molar-refractivity contribution is 5.98. The summed E-state index contributed by atoms with van der Waals surface area (Å²) >= 11 is 0. The van der Waals surface area contributed by atoms with E-state index < -0.39 is 0 Å². The molecule has 4 N–H and O–H groups in total. The number of amidine groups is 1. The van der Waals surface area contributed by atoms with Gasteiger partial charge in [-0.25, -0.2) is 0 Å². The van der Waals surface area contributed by atoms with Crippen molar-refractivity contribution in [2.24, 2.45) is 16.7 Å². The fourth-order valence-electron chi connectivity index (χ4n) is 1.10. The minimum absolute atomic E-state index is 0.385. The number of hydrogen-bond acceptors (Lipinski definition) is 2. The molecule has 0 saturated carbocycles. The van der Waals surface area contributed by atoms with E-state index in [4.69, 9.17) is 11.6 Å². The summed E-state index contributed by atoms with van der Waals surface area (Å²) in [6.07, 6.45) is 0. The lowest BCUT2D eigenvalue weighted by molar-refractivity contribution is 1.21. The van der Waals surface area contributed by atoms with Gasteiger partial charge in [0.15, 0.2) is 5.84 Å². The predicted molar refractivity (Wildman–Crippen MR) is 50.8 cm³/mol. The van der Waals surface area contributed by atoms with E-state index in [0.717, 1.165) is 11.1 Å². The van der Waals surface area contributed by atoms with Crippen LogP contribution >= 0.6 is 0 Å². The Kier molecular flexibility index (Phi) is 2.33. The van der Waals surface area contributed by atoms with Crippen LogP contribution in [0.15, 0.2) is 23.3 Å². The predicted octanol–water partition coefficient (Wildman–Crippen LogP) is 0.882. The van der Waals surface area contributed by atoms with Gasteiger partial charge < -0.3 is 11.6 Å². The van der Waals surface area contributed by atoms with Gasteiger partial charge in [-0.05, 0) is 25.0 Å². The topological polar surface area (TPSA) is 64.4 Å². The van der Waals surface area contributed by atoms with E-state index in [-0.39, 0.29) is 0 Å². The Morgan fingerprint density at radius 3 is 2.58 bits per heavy atom. The van der Waals surface area contributed by atoms with Crippen LogP contribution in [0.2, 0.25) is 0 Å². The van der Waals surface area contributed by atoms with Gasteiger partial charge in [-0.1, -0.05) is 18.2 Å². The Morgan fingerprint density at radius 2 is 2.00 bits per heavy atom. The molecule has 0 amide bonds. The third kappa shape index (κ3) is 1.39. The molecule has 0 spiro atoms. The van der Waals surface area contributed by atoms with Crippen molar-refractivity contribution in [2.45, 2.75) is 13.8 Å². The number of hydrazone groups is 1. The van der Waals surface area contributed by atoms with Gasteiger partial charge in [0.1, 0.15) is 0 Å². The van der Waals surface area contributed by atoms with Crippen LogP contribution in [0.4, 0.5) is 0 Å². The minimum atomic E-state index is 0.385. The quantitative estimate of drug-likeness (QED) is 0.279. The van der Waals surface area contributed by atoms with Crippen molar-refractivity contribution in [3.63, 3.8) is 0 Å². The highest BCUT2D eigenvalue weighted by atomic mass is 15.2. The van der Waals surface area contributed by atoms with Gasteiger partial charge in [0, 0.05) is 5.56 Å². The van der Waals surface area contributed by atoms with Crippen molar-refractivity contribution >= 4 is 5.84 Å². The van der Waals surface area contributed by atoms with E-state index in [0.29, 0.717) is 5.84 Å². The Labute approximate surface area is 72.1 Å². The molecule has 0 atom stereocenters. The smallest absolute Gasteiger partial charge is 0.150 e. The summed E-state index contributed by atoms with van der Waals surface area (Å²) < 4.78 is 0. The SMILES string of the molecule is Cc1cccc(C(N)=NN)c1C. The van der Waals surface area contributed by atoms with Gasteiger partial charge in [0.05, 0.1) is 0 Å². The van der Waals surface area contributed by atoms with Crippen molar-refractivity contribution in [1.82, 2.24) is 0 Å². The monoisotopic (exact) mass is 163 g/mol. The maximum atomic E-state index is 5.59. The van der Waals surface area contributed by atoms with Gasteiger partial charge in [-0.3, -0.25) is 0 Å². The van der Waals surface area contributed by atoms with Gasteiger partial charge in [-0.2, -0.15) is 5.10 Å². The second kappa shape index (κ2) is 3.26. The van der Waals surface area contributed by atoms with E-state index >= 15 is 0 Å². The van der Waals surface area contributed by atoms with Gasteiger partial charge in [-0.15, -0.1) is 0 Å². The maximum absolute atomic E-state index is 5.59. The van der Waals surface area contributed by atoms with E-state index in [1.807, 2.05) is 32.0 Å². The summed E-state index contributed by atoms with van der Waals surface area (Å²) in [5, 5.41) is 3.46. The number of nitrogens with two attached hydrogens (primary N) is 2. The van der Waals surface area contributed by atoms with Crippen LogP contribution < -0.4 is 11.6 Å². The van der Waals surface area contributed by atoms with Crippen molar-refractivity contribution in [3.8, 4) is 0 Å². The molecule has 0 unspecified atom stereocenters. The molecule has 0 fully saturated rings. The van der Waals surface area contributed by atoms with Gasteiger partial charge in [0.25, 0.3) is 0 Å². The molecule has 0 bridgehead atoms. The minimum Gasteiger partial charge on any atom is -0.382 e. The number of nitrogens with zero attached hydrogens (tertiary/aromatic N) is 1. The lowest BCUT2D eigenvalue weighted by atomic mass is 10.0. The fraction of sp³-hybridized carbons (Fsp3) is 0.222. The molecule has 0 aromatic heterocycles.